The van der Waals surface area contributed by atoms with Crippen molar-refractivity contribution in [2.75, 3.05) is 18.0 Å². The third-order valence-electron chi connectivity index (χ3n) is 6.75. The Balaban J connectivity index is 1.14. The highest BCUT2D eigenvalue weighted by Gasteiger charge is 2.21. The second-order valence-electron chi connectivity index (χ2n) is 9.11. The van der Waals surface area contributed by atoms with Gasteiger partial charge in [-0.1, -0.05) is 30.3 Å². The SMILES string of the molecule is N#Cc1ccc(Cn2cncc2CNCc2ccnc(C3CCN(c4ccccc4)CC3)c2)cc1. The minimum Gasteiger partial charge on any atom is -0.371 e. The van der Waals surface area contributed by atoms with Crippen molar-refractivity contribution in [2.45, 2.75) is 38.4 Å². The zero-order valence-corrected chi connectivity index (χ0v) is 19.8. The highest BCUT2D eigenvalue weighted by atomic mass is 15.1. The lowest BCUT2D eigenvalue weighted by atomic mass is 9.92. The summed E-state index contributed by atoms with van der Waals surface area (Å²) in [4.78, 5) is 11.5. The van der Waals surface area contributed by atoms with Gasteiger partial charge >= 0.3 is 0 Å². The van der Waals surface area contributed by atoms with Gasteiger partial charge in [-0.3, -0.25) is 4.98 Å². The molecule has 0 radical (unpaired) electrons. The average molecular weight is 463 g/mol. The number of aromatic nitrogens is 3. The molecule has 1 aliphatic heterocycles. The van der Waals surface area contributed by atoms with Crippen LogP contribution >= 0.6 is 0 Å². The maximum atomic E-state index is 8.99. The standard InChI is InChI=1S/C29H30N6/c30-17-23-6-8-24(9-7-23)21-35-22-32-20-28(35)19-31-18-25-10-13-33-29(16-25)26-11-14-34(15-12-26)27-4-2-1-3-5-27/h1-10,13,16,20,22,26,31H,11-12,14-15,18-19,21H2. The summed E-state index contributed by atoms with van der Waals surface area (Å²) < 4.78 is 2.15. The van der Waals surface area contributed by atoms with Gasteiger partial charge in [0.05, 0.1) is 23.7 Å². The van der Waals surface area contributed by atoms with Crippen molar-refractivity contribution >= 4 is 5.69 Å². The van der Waals surface area contributed by atoms with E-state index in [0.29, 0.717) is 11.5 Å². The van der Waals surface area contributed by atoms with E-state index in [1.54, 1.807) is 0 Å². The summed E-state index contributed by atoms with van der Waals surface area (Å²) in [5, 5.41) is 12.6. The summed E-state index contributed by atoms with van der Waals surface area (Å²) in [6.45, 7) is 4.41. The molecule has 2 aromatic carbocycles. The van der Waals surface area contributed by atoms with Gasteiger partial charge < -0.3 is 14.8 Å². The zero-order chi connectivity index (χ0) is 23.9. The van der Waals surface area contributed by atoms with E-state index in [2.05, 4.69) is 68.3 Å². The Morgan fingerprint density at radius 2 is 1.74 bits per heavy atom. The number of pyridine rings is 1. The van der Waals surface area contributed by atoms with E-state index in [-0.39, 0.29) is 0 Å². The minimum absolute atomic E-state index is 0.517. The maximum absolute atomic E-state index is 8.99. The van der Waals surface area contributed by atoms with Crippen LogP contribution in [0.5, 0.6) is 0 Å². The van der Waals surface area contributed by atoms with E-state index in [4.69, 9.17) is 10.2 Å². The van der Waals surface area contributed by atoms with Gasteiger partial charge in [0, 0.05) is 62.4 Å². The summed E-state index contributed by atoms with van der Waals surface area (Å²) in [6.07, 6.45) is 7.99. The summed E-state index contributed by atoms with van der Waals surface area (Å²) in [6, 6.07) is 24.9. The molecule has 0 unspecified atom stereocenters. The monoisotopic (exact) mass is 462 g/mol. The van der Waals surface area contributed by atoms with Gasteiger partial charge in [-0.05, 0) is 60.4 Å². The molecule has 2 aromatic heterocycles. The van der Waals surface area contributed by atoms with Crippen molar-refractivity contribution in [2.24, 2.45) is 0 Å². The lowest BCUT2D eigenvalue weighted by Crippen LogP contribution is -2.33. The lowest BCUT2D eigenvalue weighted by Gasteiger charge is -2.33. The first-order valence-electron chi connectivity index (χ1n) is 12.2. The largest absolute Gasteiger partial charge is 0.371 e. The fourth-order valence-electron chi connectivity index (χ4n) is 4.75. The Morgan fingerprint density at radius 3 is 2.51 bits per heavy atom. The molecule has 0 spiro atoms. The number of anilines is 1. The van der Waals surface area contributed by atoms with Crippen molar-refractivity contribution in [1.29, 1.82) is 5.26 Å². The lowest BCUT2D eigenvalue weighted by molar-refractivity contribution is 0.495. The Hall–Kier alpha value is -3.95. The number of imidazole rings is 1. The van der Waals surface area contributed by atoms with Gasteiger partial charge in [-0.15, -0.1) is 0 Å². The van der Waals surface area contributed by atoms with Crippen LogP contribution in [0.25, 0.3) is 0 Å². The molecule has 0 bridgehead atoms. The van der Waals surface area contributed by atoms with Gasteiger partial charge in [-0.2, -0.15) is 5.26 Å². The molecule has 5 rings (SSSR count). The van der Waals surface area contributed by atoms with Gasteiger partial charge in [0.2, 0.25) is 0 Å². The number of rotatable bonds is 8. The predicted molar refractivity (Wildman–Crippen MR) is 138 cm³/mol. The van der Waals surface area contributed by atoms with Crippen molar-refractivity contribution in [1.82, 2.24) is 19.9 Å². The summed E-state index contributed by atoms with van der Waals surface area (Å²) in [7, 11) is 0. The topological polar surface area (TPSA) is 69.8 Å². The first-order valence-corrected chi connectivity index (χ1v) is 12.2. The maximum Gasteiger partial charge on any atom is 0.0991 e. The smallest absolute Gasteiger partial charge is 0.0991 e. The number of piperidine rings is 1. The molecule has 1 N–H and O–H groups in total. The molecule has 0 saturated carbocycles. The second kappa shape index (κ2) is 11.0. The van der Waals surface area contributed by atoms with E-state index in [1.165, 1.54) is 16.9 Å². The minimum atomic E-state index is 0.517. The van der Waals surface area contributed by atoms with E-state index >= 15 is 0 Å². The van der Waals surface area contributed by atoms with Crippen LogP contribution in [-0.4, -0.2) is 27.6 Å². The fraction of sp³-hybridized carbons (Fsp3) is 0.276. The molecule has 6 nitrogen and oxygen atoms in total. The molecule has 1 aliphatic rings. The number of nitriles is 1. The van der Waals surface area contributed by atoms with Crippen molar-refractivity contribution in [3.63, 3.8) is 0 Å². The van der Waals surface area contributed by atoms with Crippen LogP contribution in [0.4, 0.5) is 5.69 Å². The second-order valence-corrected chi connectivity index (χ2v) is 9.11. The Kier molecular flexibility index (Phi) is 7.16. The quantitative estimate of drug-likeness (QED) is 0.404. The van der Waals surface area contributed by atoms with Crippen LogP contribution in [0, 0.1) is 11.3 Å². The van der Waals surface area contributed by atoms with Crippen molar-refractivity contribution in [3.8, 4) is 6.07 Å². The highest BCUT2D eigenvalue weighted by molar-refractivity contribution is 5.46. The third-order valence-corrected chi connectivity index (χ3v) is 6.75. The molecule has 1 fully saturated rings. The summed E-state index contributed by atoms with van der Waals surface area (Å²) in [5.41, 5.74) is 6.76. The molecule has 4 aromatic rings. The third kappa shape index (κ3) is 5.76. The van der Waals surface area contributed by atoms with Crippen LogP contribution in [-0.2, 0) is 19.6 Å². The van der Waals surface area contributed by atoms with Crippen LogP contribution in [0.1, 0.15) is 46.8 Å². The normalized spacial score (nSPS) is 14.1. The van der Waals surface area contributed by atoms with Crippen LogP contribution in [0.2, 0.25) is 0 Å². The van der Waals surface area contributed by atoms with Gasteiger partial charge in [0.1, 0.15) is 0 Å². The van der Waals surface area contributed by atoms with Crippen LogP contribution in [0.3, 0.4) is 0 Å². The van der Waals surface area contributed by atoms with Crippen LogP contribution in [0.15, 0.2) is 85.5 Å². The van der Waals surface area contributed by atoms with Crippen molar-refractivity contribution in [3.05, 3.63) is 114 Å². The molecule has 6 heteroatoms. The number of nitrogens with zero attached hydrogens (tertiary/aromatic N) is 5. The number of benzene rings is 2. The molecular weight excluding hydrogens is 432 g/mol. The zero-order valence-electron chi connectivity index (χ0n) is 19.8. The molecule has 0 atom stereocenters. The molecule has 176 valence electrons. The first kappa shape index (κ1) is 22.8. The van der Waals surface area contributed by atoms with Crippen molar-refractivity contribution < 1.29 is 0 Å². The molecular formula is C29H30N6. The Labute approximate surface area is 206 Å². The van der Waals surface area contributed by atoms with Gasteiger partial charge in [0.25, 0.3) is 0 Å². The van der Waals surface area contributed by atoms with E-state index in [1.807, 2.05) is 43.0 Å². The number of hydrogen-bond donors (Lipinski definition) is 1. The number of para-hydroxylation sites is 1. The molecule has 3 heterocycles. The Bertz CT molecular complexity index is 1260. The number of nitrogens with one attached hydrogen (secondary N) is 1. The molecule has 1 saturated heterocycles. The fourth-order valence-corrected chi connectivity index (χ4v) is 4.75. The van der Waals surface area contributed by atoms with E-state index < -0.39 is 0 Å². The number of hydrogen-bond acceptors (Lipinski definition) is 5. The molecule has 0 aliphatic carbocycles. The average Bonchev–Trinajstić information content (AvgIpc) is 3.36. The van der Waals surface area contributed by atoms with Gasteiger partial charge in [0.15, 0.2) is 0 Å². The highest BCUT2D eigenvalue weighted by Crippen LogP contribution is 2.29. The predicted octanol–water partition coefficient (Wildman–Crippen LogP) is 4.87. The summed E-state index contributed by atoms with van der Waals surface area (Å²) >= 11 is 0. The van der Waals surface area contributed by atoms with E-state index in [9.17, 15) is 0 Å². The van der Waals surface area contributed by atoms with Gasteiger partial charge in [-0.25, -0.2) is 4.98 Å². The molecule has 35 heavy (non-hydrogen) atoms. The summed E-state index contributed by atoms with van der Waals surface area (Å²) in [5.74, 6) is 0.517. The van der Waals surface area contributed by atoms with E-state index in [0.717, 1.165) is 56.8 Å². The Morgan fingerprint density at radius 1 is 0.943 bits per heavy atom. The molecule has 0 amide bonds. The van der Waals surface area contributed by atoms with Crippen LogP contribution < -0.4 is 10.2 Å². The first-order chi connectivity index (χ1) is 17.3.